The Morgan fingerprint density at radius 3 is 2.57 bits per heavy atom. The van der Waals surface area contributed by atoms with Gasteiger partial charge in [0.15, 0.2) is 6.29 Å². The molecule has 1 rings (SSSR count). The standard InChI is InChI=1S/C8H8F3NOS/c1-12(5-8(9,10)11)7-3-2-6(4-13)14-7/h2-4H,5H2,1H3. The van der Waals surface area contributed by atoms with Crippen molar-refractivity contribution in [3.8, 4) is 0 Å². The molecule has 1 aromatic heterocycles. The van der Waals surface area contributed by atoms with E-state index >= 15 is 0 Å². The van der Waals surface area contributed by atoms with Gasteiger partial charge in [-0.3, -0.25) is 4.79 Å². The van der Waals surface area contributed by atoms with E-state index in [1.165, 1.54) is 19.2 Å². The quantitative estimate of drug-likeness (QED) is 0.734. The van der Waals surface area contributed by atoms with Gasteiger partial charge in [0.1, 0.15) is 6.54 Å². The molecule has 0 radical (unpaired) electrons. The maximum Gasteiger partial charge on any atom is 0.405 e. The van der Waals surface area contributed by atoms with Crippen LogP contribution in [0.4, 0.5) is 18.2 Å². The highest BCUT2D eigenvalue weighted by Gasteiger charge is 2.29. The zero-order valence-corrected chi connectivity index (χ0v) is 8.15. The van der Waals surface area contributed by atoms with Crippen molar-refractivity contribution in [1.29, 1.82) is 0 Å². The van der Waals surface area contributed by atoms with E-state index in [-0.39, 0.29) is 0 Å². The SMILES string of the molecule is CN(CC(F)(F)F)c1ccc(C=O)s1. The Hall–Kier alpha value is -1.04. The Bertz CT molecular complexity index is 321. The molecule has 1 aromatic rings. The van der Waals surface area contributed by atoms with Gasteiger partial charge in [-0.2, -0.15) is 13.2 Å². The monoisotopic (exact) mass is 223 g/mol. The van der Waals surface area contributed by atoms with Crippen LogP contribution in [-0.4, -0.2) is 26.1 Å². The molecular formula is C8H8F3NOS. The Morgan fingerprint density at radius 1 is 1.50 bits per heavy atom. The van der Waals surface area contributed by atoms with Gasteiger partial charge in [-0.05, 0) is 12.1 Å². The second-order valence-corrected chi connectivity index (χ2v) is 3.86. The summed E-state index contributed by atoms with van der Waals surface area (Å²) in [5, 5.41) is 0.435. The van der Waals surface area contributed by atoms with Crippen molar-refractivity contribution in [2.24, 2.45) is 0 Å². The smallest absolute Gasteiger partial charge is 0.357 e. The second kappa shape index (κ2) is 4.00. The summed E-state index contributed by atoms with van der Waals surface area (Å²) in [4.78, 5) is 11.8. The highest BCUT2D eigenvalue weighted by atomic mass is 32.1. The Kier molecular flexibility index (Phi) is 3.15. The number of thiophene rings is 1. The molecule has 0 atom stereocenters. The van der Waals surface area contributed by atoms with Gasteiger partial charge in [-0.25, -0.2) is 0 Å². The summed E-state index contributed by atoms with van der Waals surface area (Å²) in [5.74, 6) is 0. The molecule has 6 heteroatoms. The molecule has 0 saturated carbocycles. The predicted molar refractivity (Wildman–Crippen MR) is 49.0 cm³/mol. The zero-order chi connectivity index (χ0) is 10.8. The Balaban J connectivity index is 2.69. The molecule has 2 nitrogen and oxygen atoms in total. The molecule has 0 bridgehead atoms. The van der Waals surface area contributed by atoms with Crippen molar-refractivity contribution in [1.82, 2.24) is 0 Å². The van der Waals surface area contributed by atoms with E-state index in [1.54, 1.807) is 0 Å². The Labute approximate surface area is 82.9 Å². The molecule has 0 aliphatic carbocycles. The van der Waals surface area contributed by atoms with Crippen molar-refractivity contribution in [3.05, 3.63) is 17.0 Å². The number of rotatable bonds is 3. The zero-order valence-electron chi connectivity index (χ0n) is 7.34. The van der Waals surface area contributed by atoms with E-state index in [2.05, 4.69) is 0 Å². The van der Waals surface area contributed by atoms with E-state index in [0.29, 0.717) is 16.2 Å². The van der Waals surface area contributed by atoms with Crippen LogP contribution in [0, 0.1) is 0 Å². The number of hydrogen-bond acceptors (Lipinski definition) is 3. The van der Waals surface area contributed by atoms with Gasteiger partial charge in [0, 0.05) is 7.05 Å². The summed E-state index contributed by atoms with van der Waals surface area (Å²) < 4.78 is 35.9. The molecule has 0 aliphatic rings. The lowest BCUT2D eigenvalue weighted by Crippen LogP contribution is -2.30. The van der Waals surface area contributed by atoms with E-state index in [1.807, 2.05) is 0 Å². The predicted octanol–water partition coefficient (Wildman–Crippen LogP) is 2.56. The lowest BCUT2D eigenvalue weighted by molar-refractivity contribution is -0.119. The largest absolute Gasteiger partial charge is 0.405 e. The summed E-state index contributed by atoms with van der Waals surface area (Å²) in [6, 6.07) is 3.00. The molecule has 14 heavy (non-hydrogen) atoms. The lowest BCUT2D eigenvalue weighted by atomic mass is 10.5. The molecule has 78 valence electrons. The fourth-order valence-corrected chi connectivity index (χ4v) is 1.74. The van der Waals surface area contributed by atoms with E-state index < -0.39 is 12.7 Å². The molecule has 0 aromatic carbocycles. The number of hydrogen-bond donors (Lipinski definition) is 0. The van der Waals surface area contributed by atoms with Crippen LogP contribution in [0.25, 0.3) is 0 Å². The van der Waals surface area contributed by atoms with Crippen LogP contribution in [0.15, 0.2) is 12.1 Å². The summed E-state index contributed by atoms with van der Waals surface area (Å²) >= 11 is 1.04. The van der Waals surface area contributed by atoms with Gasteiger partial charge in [0.25, 0.3) is 0 Å². The van der Waals surface area contributed by atoms with Crippen LogP contribution >= 0.6 is 11.3 Å². The van der Waals surface area contributed by atoms with Gasteiger partial charge in [-0.1, -0.05) is 0 Å². The summed E-state index contributed by atoms with van der Waals surface area (Å²) in [5.41, 5.74) is 0. The maximum atomic E-state index is 12.0. The van der Waals surface area contributed by atoms with E-state index in [0.717, 1.165) is 16.2 Å². The minimum absolute atomic E-state index is 0.425. The van der Waals surface area contributed by atoms with Gasteiger partial charge < -0.3 is 4.90 Å². The van der Waals surface area contributed by atoms with Crippen LogP contribution in [0.2, 0.25) is 0 Å². The molecular weight excluding hydrogens is 215 g/mol. The molecule has 0 saturated heterocycles. The van der Waals surface area contributed by atoms with Gasteiger partial charge in [-0.15, -0.1) is 11.3 Å². The fraction of sp³-hybridized carbons (Fsp3) is 0.375. The average Bonchev–Trinajstić information content (AvgIpc) is 2.48. The van der Waals surface area contributed by atoms with Gasteiger partial charge in [0.05, 0.1) is 9.88 Å². The third-order valence-electron chi connectivity index (χ3n) is 1.52. The van der Waals surface area contributed by atoms with Crippen molar-refractivity contribution in [3.63, 3.8) is 0 Å². The molecule has 0 N–H and O–H groups in total. The maximum absolute atomic E-state index is 12.0. The van der Waals surface area contributed by atoms with Crippen molar-refractivity contribution < 1.29 is 18.0 Å². The first kappa shape index (κ1) is 11.0. The first-order valence-corrected chi connectivity index (χ1v) is 4.57. The minimum atomic E-state index is -4.22. The van der Waals surface area contributed by atoms with Crippen molar-refractivity contribution in [2.45, 2.75) is 6.18 Å². The molecule has 0 aliphatic heterocycles. The highest BCUT2D eigenvalue weighted by Crippen LogP contribution is 2.26. The topological polar surface area (TPSA) is 20.3 Å². The number of aldehydes is 1. The van der Waals surface area contributed by atoms with E-state index in [9.17, 15) is 18.0 Å². The van der Waals surface area contributed by atoms with Crippen LogP contribution in [-0.2, 0) is 0 Å². The van der Waals surface area contributed by atoms with Crippen LogP contribution < -0.4 is 4.90 Å². The van der Waals surface area contributed by atoms with Crippen molar-refractivity contribution >= 4 is 22.6 Å². The normalized spacial score (nSPS) is 11.4. The number of alkyl halides is 3. The first-order chi connectivity index (χ1) is 6.42. The first-order valence-electron chi connectivity index (χ1n) is 3.75. The molecule has 1 heterocycles. The summed E-state index contributed by atoms with van der Waals surface area (Å²) in [7, 11) is 1.34. The van der Waals surface area contributed by atoms with Crippen molar-refractivity contribution in [2.75, 3.05) is 18.5 Å². The number of anilines is 1. The third kappa shape index (κ3) is 3.02. The molecule has 0 amide bonds. The highest BCUT2D eigenvalue weighted by molar-refractivity contribution is 7.17. The van der Waals surface area contributed by atoms with E-state index in [4.69, 9.17) is 0 Å². The van der Waals surface area contributed by atoms with Gasteiger partial charge in [0.2, 0.25) is 0 Å². The number of nitrogens with zero attached hydrogens (tertiary/aromatic N) is 1. The second-order valence-electron chi connectivity index (χ2n) is 2.77. The van der Waals surface area contributed by atoms with Gasteiger partial charge >= 0.3 is 6.18 Å². The molecule has 0 fully saturated rings. The lowest BCUT2D eigenvalue weighted by Gasteiger charge is -2.18. The Morgan fingerprint density at radius 2 is 2.14 bits per heavy atom. The molecule has 0 spiro atoms. The summed E-state index contributed by atoms with van der Waals surface area (Å²) in [6.45, 7) is -1.01. The van der Waals surface area contributed by atoms with Crippen LogP contribution in [0.5, 0.6) is 0 Å². The minimum Gasteiger partial charge on any atom is -0.357 e. The number of carbonyl (C=O) groups is 1. The van der Waals surface area contributed by atoms with Crippen LogP contribution in [0.3, 0.4) is 0 Å². The third-order valence-corrected chi connectivity index (χ3v) is 2.65. The molecule has 0 unspecified atom stereocenters. The number of carbonyl (C=O) groups excluding carboxylic acids is 1. The number of halogens is 3. The fourth-order valence-electron chi connectivity index (χ4n) is 0.958. The summed E-state index contributed by atoms with van der Waals surface area (Å²) in [6.07, 6.45) is -3.60. The average molecular weight is 223 g/mol. The van der Waals surface area contributed by atoms with Crippen LogP contribution in [0.1, 0.15) is 9.67 Å².